The largest absolute Gasteiger partial charge is 0.317 e. The van der Waals surface area contributed by atoms with Crippen molar-refractivity contribution in [2.75, 3.05) is 26.7 Å². The van der Waals surface area contributed by atoms with E-state index < -0.39 is 0 Å². The number of piperidine rings is 1. The van der Waals surface area contributed by atoms with Crippen molar-refractivity contribution >= 4 is 0 Å². The molecule has 1 rings (SSSR count). The minimum absolute atomic E-state index is 0.459. The van der Waals surface area contributed by atoms with Gasteiger partial charge in [0.15, 0.2) is 0 Å². The highest BCUT2D eigenvalue weighted by Gasteiger charge is 2.31. The zero-order chi connectivity index (χ0) is 11.5. The molecule has 0 aromatic heterocycles. The van der Waals surface area contributed by atoms with Crippen LogP contribution in [0.4, 0.5) is 0 Å². The first-order chi connectivity index (χ1) is 6.93. The van der Waals surface area contributed by atoms with Gasteiger partial charge >= 0.3 is 0 Å². The van der Waals surface area contributed by atoms with E-state index in [9.17, 15) is 0 Å². The molecule has 90 valence electrons. The molecular weight excluding hydrogens is 184 g/mol. The number of rotatable bonds is 4. The highest BCUT2D eigenvalue weighted by Crippen LogP contribution is 2.34. The zero-order valence-corrected chi connectivity index (χ0v) is 11.1. The van der Waals surface area contributed by atoms with Gasteiger partial charge < -0.3 is 10.2 Å². The maximum absolute atomic E-state index is 3.45. The van der Waals surface area contributed by atoms with Crippen LogP contribution in [-0.2, 0) is 0 Å². The van der Waals surface area contributed by atoms with E-state index >= 15 is 0 Å². The number of nitrogens with one attached hydrogen (secondary N) is 1. The summed E-state index contributed by atoms with van der Waals surface area (Å²) in [5.41, 5.74) is 0.459. The third kappa shape index (κ3) is 3.76. The van der Waals surface area contributed by atoms with Gasteiger partial charge in [-0.1, -0.05) is 13.8 Å². The Bertz CT molecular complexity index is 181. The molecule has 0 saturated carbocycles. The lowest BCUT2D eigenvalue weighted by Gasteiger charge is -2.41. The fraction of sp³-hybridized carbons (Fsp3) is 1.00. The molecule has 0 amide bonds. The Morgan fingerprint density at radius 1 is 1.27 bits per heavy atom. The quantitative estimate of drug-likeness (QED) is 0.769. The molecule has 0 aromatic rings. The van der Waals surface area contributed by atoms with Crippen LogP contribution in [-0.4, -0.2) is 37.6 Å². The van der Waals surface area contributed by atoms with Crippen molar-refractivity contribution in [1.29, 1.82) is 0 Å². The van der Waals surface area contributed by atoms with Gasteiger partial charge in [-0.25, -0.2) is 0 Å². The smallest absolute Gasteiger partial charge is 0.00357 e. The summed E-state index contributed by atoms with van der Waals surface area (Å²) >= 11 is 0. The van der Waals surface area contributed by atoms with E-state index in [2.05, 4.69) is 45.0 Å². The molecular formula is C13H28N2. The molecule has 0 aliphatic carbocycles. The maximum Gasteiger partial charge on any atom is 0.00357 e. The summed E-state index contributed by atoms with van der Waals surface area (Å²) in [5, 5.41) is 3.45. The minimum Gasteiger partial charge on any atom is -0.317 e. The monoisotopic (exact) mass is 212 g/mol. The van der Waals surface area contributed by atoms with Crippen LogP contribution < -0.4 is 5.32 Å². The molecule has 0 unspecified atom stereocenters. The van der Waals surface area contributed by atoms with Crippen LogP contribution in [0.15, 0.2) is 0 Å². The predicted octanol–water partition coefficient (Wildman–Crippen LogP) is 2.35. The van der Waals surface area contributed by atoms with Gasteiger partial charge in [0.2, 0.25) is 0 Å². The third-order valence-electron chi connectivity index (χ3n) is 3.98. The highest BCUT2D eigenvalue weighted by atomic mass is 15.1. The molecule has 1 aliphatic heterocycles. The van der Waals surface area contributed by atoms with E-state index in [4.69, 9.17) is 0 Å². The van der Waals surface area contributed by atoms with E-state index in [1.807, 2.05) is 0 Å². The number of hydrogen-bond acceptors (Lipinski definition) is 2. The molecule has 0 bridgehead atoms. The minimum atomic E-state index is 0.459. The van der Waals surface area contributed by atoms with E-state index in [0.717, 1.165) is 5.92 Å². The van der Waals surface area contributed by atoms with Crippen molar-refractivity contribution in [3.63, 3.8) is 0 Å². The van der Waals surface area contributed by atoms with Gasteiger partial charge in [0.1, 0.15) is 0 Å². The summed E-state index contributed by atoms with van der Waals surface area (Å²) in [6, 6.07) is 0.658. The summed E-state index contributed by atoms with van der Waals surface area (Å²) < 4.78 is 0. The van der Waals surface area contributed by atoms with Crippen molar-refractivity contribution in [2.24, 2.45) is 11.3 Å². The summed E-state index contributed by atoms with van der Waals surface area (Å²) in [4.78, 5) is 2.47. The van der Waals surface area contributed by atoms with Crippen molar-refractivity contribution in [3.05, 3.63) is 0 Å². The van der Waals surface area contributed by atoms with E-state index in [-0.39, 0.29) is 0 Å². The Morgan fingerprint density at radius 3 is 2.27 bits per heavy atom. The van der Waals surface area contributed by atoms with Crippen molar-refractivity contribution < 1.29 is 0 Å². The van der Waals surface area contributed by atoms with Gasteiger partial charge in [-0.15, -0.1) is 0 Å². The van der Waals surface area contributed by atoms with Gasteiger partial charge in [-0.3, -0.25) is 0 Å². The van der Waals surface area contributed by atoms with E-state index in [1.54, 1.807) is 0 Å². The lowest BCUT2D eigenvalue weighted by atomic mass is 9.73. The maximum atomic E-state index is 3.45. The Labute approximate surface area is 95.4 Å². The average molecular weight is 212 g/mol. The molecule has 0 atom stereocenters. The Balaban J connectivity index is 2.48. The van der Waals surface area contributed by atoms with Crippen LogP contribution in [0.2, 0.25) is 0 Å². The first-order valence-corrected chi connectivity index (χ1v) is 6.34. The van der Waals surface area contributed by atoms with Gasteiger partial charge in [0, 0.05) is 12.6 Å². The fourth-order valence-corrected chi connectivity index (χ4v) is 2.56. The molecule has 1 N–H and O–H groups in total. The standard InChI is InChI=1S/C13H28N2/c1-11(2)15(5)10-13(3,4)12-6-8-14-9-7-12/h11-12,14H,6-10H2,1-5H3. The summed E-state index contributed by atoms with van der Waals surface area (Å²) in [5.74, 6) is 0.889. The normalized spacial score (nSPS) is 20.2. The SMILES string of the molecule is CC(C)N(C)CC(C)(C)C1CCNCC1. The van der Waals surface area contributed by atoms with Crippen molar-refractivity contribution in [3.8, 4) is 0 Å². The Kier molecular flexibility index (Phi) is 4.60. The lowest BCUT2D eigenvalue weighted by molar-refractivity contribution is 0.0963. The van der Waals surface area contributed by atoms with Crippen LogP contribution in [0.5, 0.6) is 0 Å². The van der Waals surface area contributed by atoms with Crippen molar-refractivity contribution in [2.45, 2.75) is 46.6 Å². The summed E-state index contributed by atoms with van der Waals surface area (Å²) in [7, 11) is 2.24. The molecule has 0 aromatic carbocycles. The van der Waals surface area contributed by atoms with Crippen LogP contribution >= 0.6 is 0 Å². The molecule has 1 fully saturated rings. The lowest BCUT2D eigenvalue weighted by Crippen LogP contribution is -2.43. The zero-order valence-electron chi connectivity index (χ0n) is 11.1. The molecule has 2 heteroatoms. The number of hydrogen-bond donors (Lipinski definition) is 1. The molecule has 0 spiro atoms. The topological polar surface area (TPSA) is 15.3 Å². The first-order valence-electron chi connectivity index (χ1n) is 6.34. The molecule has 15 heavy (non-hydrogen) atoms. The van der Waals surface area contributed by atoms with E-state index in [0.29, 0.717) is 11.5 Å². The van der Waals surface area contributed by atoms with Gasteiger partial charge in [-0.2, -0.15) is 0 Å². The van der Waals surface area contributed by atoms with Crippen molar-refractivity contribution in [1.82, 2.24) is 10.2 Å². The van der Waals surface area contributed by atoms with Crippen LogP contribution in [0, 0.1) is 11.3 Å². The Morgan fingerprint density at radius 2 is 1.80 bits per heavy atom. The Hall–Kier alpha value is -0.0800. The molecule has 1 saturated heterocycles. The van der Waals surface area contributed by atoms with Crippen LogP contribution in [0.25, 0.3) is 0 Å². The second-order valence-electron chi connectivity index (χ2n) is 6.02. The predicted molar refractivity (Wildman–Crippen MR) is 67.1 cm³/mol. The number of nitrogens with zero attached hydrogens (tertiary/aromatic N) is 1. The molecule has 1 aliphatic rings. The molecule has 2 nitrogen and oxygen atoms in total. The van der Waals surface area contributed by atoms with Gasteiger partial charge in [0.05, 0.1) is 0 Å². The first kappa shape index (κ1) is 13.0. The molecule has 0 radical (unpaired) electrons. The summed E-state index contributed by atoms with van der Waals surface area (Å²) in [6.45, 7) is 13.1. The fourth-order valence-electron chi connectivity index (χ4n) is 2.56. The second kappa shape index (κ2) is 5.31. The van der Waals surface area contributed by atoms with Crippen LogP contribution in [0.3, 0.4) is 0 Å². The molecule has 1 heterocycles. The second-order valence-corrected chi connectivity index (χ2v) is 6.02. The summed E-state index contributed by atoms with van der Waals surface area (Å²) in [6.07, 6.45) is 2.69. The van der Waals surface area contributed by atoms with E-state index in [1.165, 1.54) is 32.5 Å². The van der Waals surface area contributed by atoms with Gasteiger partial charge in [0.25, 0.3) is 0 Å². The van der Waals surface area contributed by atoms with Crippen LogP contribution in [0.1, 0.15) is 40.5 Å². The third-order valence-corrected chi connectivity index (χ3v) is 3.98. The van der Waals surface area contributed by atoms with Gasteiger partial charge in [-0.05, 0) is 58.2 Å². The highest BCUT2D eigenvalue weighted by molar-refractivity contribution is 4.84. The average Bonchev–Trinajstić information content (AvgIpc) is 2.18.